The topological polar surface area (TPSA) is 107 Å². The summed E-state index contributed by atoms with van der Waals surface area (Å²) in [7, 11) is 0. The molecule has 0 amide bonds. The smallest absolute Gasteiger partial charge is 0.868 e. The van der Waals surface area contributed by atoms with E-state index in [4.69, 9.17) is 23.2 Å². The summed E-state index contributed by atoms with van der Waals surface area (Å²) in [5, 5.41) is 20.9. The molecule has 2 rings (SSSR count). The van der Waals surface area contributed by atoms with Gasteiger partial charge in [-0.25, -0.2) is 0 Å². The molecule has 1 radical (unpaired) electrons. The molecule has 0 saturated heterocycles. The molecule has 6 nitrogen and oxygen atoms in total. The summed E-state index contributed by atoms with van der Waals surface area (Å²) in [4.78, 5) is 21.1. The van der Waals surface area contributed by atoms with Crippen molar-refractivity contribution in [1.82, 2.24) is 0 Å². The normalized spacial score (nSPS) is 9.24. The van der Waals surface area contributed by atoms with Crippen molar-refractivity contribution >= 4 is 23.2 Å². The van der Waals surface area contributed by atoms with Gasteiger partial charge in [0.2, 0.25) is 0 Å². The monoisotopic (exact) mass is 377 g/mol. The zero-order valence-corrected chi connectivity index (χ0v) is 12.8. The minimum Gasteiger partial charge on any atom is -0.868 e. The summed E-state index contributed by atoms with van der Waals surface area (Å²) < 4.78 is 9.29. The summed E-state index contributed by atoms with van der Waals surface area (Å²) >= 11 is 10.6. The third-order valence-corrected chi connectivity index (χ3v) is 2.49. The second-order valence-electron chi connectivity index (χ2n) is 3.42. The van der Waals surface area contributed by atoms with E-state index in [2.05, 4.69) is 8.83 Å². The molecule has 2 aromatic heterocycles. The van der Waals surface area contributed by atoms with Crippen molar-refractivity contribution in [1.29, 1.82) is 0 Å². The maximum absolute atomic E-state index is 10.6. The van der Waals surface area contributed by atoms with Gasteiger partial charge in [0.05, 0.1) is 24.3 Å². The van der Waals surface area contributed by atoms with Gasteiger partial charge in [-0.1, -0.05) is 0 Å². The first kappa shape index (κ1) is 19.6. The summed E-state index contributed by atoms with van der Waals surface area (Å²) in [6.45, 7) is 0. The Bertz CT molecular complexity index is 622. The number of hydrogen-bond acceptors (Lipinski definition) is 6. The number of rotatable bonds is 2. The molecule has 21 heavy (non-hydrogen) atoms. The molecule has 9 heteroatoms. The average Bonchev–Trinajstić information content (AvgIpc) is 2.45. The first-order valence-corrected chi connectivity index (χ1v) is 6.24. The second-order valence-corrected chi connectivity index (χ2v) is 3.95. The maximum atomic E-state index is 10.6. The van der Waals surface area contributed by atoms with E-state index in [0.717, 1.165) is 24.7 Å². The third-order valence-electron chi connectivity index (χ3n) is 1.97. The van der Waals surface area contributed by atoms with E-state index >= 15 is 0 Å². The van der Waals surface area contributed by atoms with Gasteiger partial charge in [-0.3, -0.25) is 9.59 Å². The number of hydrogen-bond donors (Lipinski definition) is 0. The van der Waals surface area contributed by atoms with Gasteiger partial charge in [0.15, 0.2) is 10.9 Å². The van der Waals surface area contributed by atoms with Crippen LogP contribution in [0.4, 0.5) is 0 Å². The van der Waals surface area contributed by atoms with Crippen molar-refractivity contribution in [2.75, 3.05) is 0 Å². The fourth-order valence-electron chi connectivity index (χ4n) is 1.02. The molecule has 0 aliphatic heterocycles. The first-order valence-electron chi connectivity index (χ1n) is 5.17. The van der Waals surface area contributed by atoms with Crippen LogP contribution in [-0.2, 0) is 28.5 Å². The van der Waals surface area contributed by atoms with Crippen molar-refractivity contribution in [3.8, 4) is 11.5 Å². The standard InChI is InChI=1S/2C6H5ClO3.Co/c2*7-2-4-1-5(8)6(9)3-10-4;/h2*1,3,9H,2H2;/q;;+2/p-2. The molecule has 0 aliphatic carbocycles. The van der Waals surface area contributed by atoms with Crippen molar-refractivity contribution in [3.63, 3.8) is 0 Å². The summed E-state index contributed by atoms with van der Waals surface area (Å²) in [6, 6.07) is 2.19. The molecule has 0 atom stereocenters. The Morgan fingerprint density at radius 2 is 1.19 bits per heavy atom. The summed E-state index contributed by atoms with van der Waals surface area (Å²) in [5.41, 5.74) is -1.16. The fraction of sp³-hybridized carbons (Fsp3) is 0.167. The predicted octanol–water partition coefficient (Wildman–Crippen LogP) is 0.902. The molecule has 0 aromatic carbocycles. The number of alkyl halides is 2. The van der Waals surface area contributed by atoms with E-state index < -0.39 is 22.4 Å². The van der Waals surface area contributed by atoms with Gasteiger partial charge in [0.25, 0.3) is 0 Å². The van der Waals surface area contributed by atoms with Crippen LogP contribution in [0, 0.1) is 0 Å². The van der Waals surface area contributed by atoms with E-state index in [9.17, 15) is 19.8 Å². The first-order chi connectivity index (χ1) is 9.47. The van der Waals surface area contributed by atoms with Gasteiger partial charge in [-0.15, -0.1) is 23.2 Å². The van der Waals surface area contributed by atoms with Crippen LogP contribution in [0.15, 0.2) is 43.1 Å². The molecule has 0 N–H and O–H groups in total. The molecule has 0 fully saturated rings. The second kappa shape index (κ2) is 9.51. The molecule has 2 heterocycles. The Kier molecular flexibility index (Phi) is 8.87. The van der Waals surface area contributed by atoms with E-state index in [0.29, 0.717) is 11.5 Å². The molecule has 0 saturated carbocycles. The van der Waals surface area contributed by atoms with Crippen LogP contribution in [0.2, 0.25) is 0 Å². The Hall–Kier alpha value is -1.41. The Labute approximate surface area is 139 Å². The Morgan fingerprint density at radius 3 is 1.43 bits per heavy atom. The molecule has 0 unspecified atom stereocenters. The minimum absolute atomic E-state index is 0. The molecule has 115 valence electrons. The van der Waals surface area contributed by atoms with Crippen LogP contribution in [0.3, 0.4) is 0 Å². The summed E-state index contributed by atoms with van der Waals surface area (Å²) in [5.74, 6) is -0.453. The van der Waals surface area contributed by atoms with Crippen LogP contribution in [0.1, 0.15) is 11.5 Å². The molecular formula is C12H8Cl2CoO6. The fourth-order valence-corrected chi connectivity index (χ4v) is 1.30. The van der Waals surface area contributed by atoms with Crippen molar-refractivity contribution in [3.05, 3.63) is 56.6 Å². The SMILES string of the molecule is O=c1cc(CCl)occ1[O-].O=c1cc(CCl)occ1[O-].[Co+2]. The van der Waals surface area contributed by atoms with E-state index in [-0.39, 0.29) is 28.5 Å². The van der Waals surface area contributed by atoms with Crippen LogP contribution in [-0.4, -0.2) is 0 Å². The quantitative estimate of drug-likeness (QED) is 0.719. The Balaban J connectivity index is 0.000000364. The zero-order valence-electron chi connectivity index (χ0n) is 10.3. The van der Waals surface area contributed by atoms with Gasteiger partial charge in [0.1, 0.15) is 11.5 Å². The minimum atomic E-state index is -0.645. The van der Waals surface area contributed by atoms with E-state index in [1.807, 2.05) is 0 Å². The largest absolute Gasteiger partial charge is 2.00 e. The molecule has 0 bridgehead atoms. The molecule has 0 spiro atoms. The van der Waals surface area contributed by atoms with Crippen LogP contribution in [0.5, 0.6) is 11.5 Å². The number of halogens is 2. The average molecular weight is 378 g/mol. The van der Waals surface area contributed by atoms with Crippen LogP contribution >= 0.6 is 23.2 Å². The van der Waals surface area contributed by atoms with Gasteiger partial charge < -0.3 is 19.0 Å². The third kappa shape index (κ3) is 6.26. The van der Waals surface area contributed by atoms with Crippen molar-refractivity contribution in [2.24, 2.45) is 0 Å². The maximum Gasteiger partial charge on any atom is 2.00 e. The van der Waals surface area contributed by atoms with Crippen molar-refractivity contribution in [2.45, 2.75) is 11.8 Å². The Morgan fingerprint density at radius 1 is 0.857 bits per heavy atom. The molecule has 2 aromatic rings. The predicted molar refractivity (Wildman–Crippen MR) is 68.0 cm³/mol. The van der Waals surface area contributed by atoms with E-state index in [1.165, 1.54) is 0 Å². The van der Waals surface area contributed by atoms with Crippen LogP contribution < -0.4 is 21.1 Å². The molecule has 0 aliphatic rings. The van der Waals surface area contributed by atoms with Crippen molar-refractivity contribution < 1.29 is 35.8 Å². The van der Waals surface area contributed by atoms with Gasteiger partial charge in [-0.05, 0) is 11.5 Å². The molecular weight excluding hydrogens is 370 g/mol. The van der Waals surface area contributed by atoms with E-state index in [1.54, 1.807) is 0 Å². The van der Waals surface area contributed by atoms with Crippen LogP contribution in [0.25, 0.3) is 0 Å². The van der Waals surface area contributed by atoms with Gasteiger partial charge in [0, 0.05) is 12.1 Å². The summed E-state index contributed by atoms with van der Waals surface area (Å²) in [6.07, 6.45) is 1.72. The zero-order chi connectivity index (χ0) is 15.1. The van der Waals surface area contributed by atoms with Gasteiger partial charge >= 0.3 is 16.8 Å². The van der Waals surface area contributed by atoms with Gasteiger partial charge in [-0.2, -0.15) is 0 Å².